The molecule has 2 N–H and O–H groups in total. The molecule has 8 nitrogen and oxygen atoms in total. The summed E-state index contributed by atoms with van der Waals surface area (Å²) in [7, 11) is 1.38. The van der Waals surface area contributed by atoms with E-state index < -0.39 is 23.2 Å². The van der Waals surface area contributed by atoms with Gasteiger partial charge in [0, 0.05) is 44.2 Å². The van der Waals surface area contributed by atoms with Crippen molar-refractivity contribution in [1.29, 1.82) is 5.41 Å². The molecule has 1 aromatic carbocycles. The zero-order valence-corrected chi connectivity index (χ0v) is 21.9. The van der Waals surface area contributed by atoms with Crippen LogP contribution in [0.3, 0.4) is 0 Å². The fourth-order valence-corrected chi connectivity index (χ4v) is 5.21. The lowest BCUT2D eigenvalue weighted by atomic mass is 9.80. The van der Waals surface area contributed by atoms with Crippen molar-refractivity contribution in [3.05, 3.63) is 35.1 Å². The number of ether oxygens (including phenoxy) is 1. The molecule has 9 heteroatoms. The van der Waals surface area contributed by atoms with Gasteiger partial charge in [0.25, 0.3) is 5.91 Å². The third-order valence-corrected chi connectivity index (χ3v) is 7.63. The van der Waals surface area contributed by atoms with Gasteiger partial charge in [0.15, 0.2) is 0 Å². The summed E-state index contributed by atoms with van der Waals surface area (Å²) in [4.78, 5) is 41.7. The molecular formula is C27H39FN4O4. The van der Waals surface area contributed by atoms with Crippen LogP contribution in [0.15, 0.2) is 18.2 Å². The van der Waals surface area contributed by atoms with Crippen LogP contribution in [0.2, 0.25) is 0 Å². The summed E-state index contributed by atoms with van der Waals surface area (Å²) in [6, 6.07) is 3.77. The molecule has 1 aromatic rings. The number of nitrogens with one attached hydrogen (secondary N) is 2. The first-order valence-corrected chi connectivity index (χ1v) is 12.9. The van der Waals surface area contributed by atoms with Crippen LogP contribution in [0.1, 0.15) is 75.2 Å². The van der Waals surface area contributed by atoms with Gasteiger partial charge in [-0.2, -0.15) is 0 Å². The van der Waals surface area contributed by atoms with E-state index in [0.29, 0.717) is 31.5 Å². The summed E-state index contributed by atoms with van der Waals surface area (Å²) in [5.74, 6) is -1.09. The van der Waals surface area contributed by atoms with Crippen molar-refractivity contribution in [3.63, 3.8) is 0 Å². The van der Waals surface area contributed by atoms with E-state index in [1.807, 2.05) is 11.8 Å². The lowest BCUT2D eigenvalue weighted by molar-refractivity contribution is -0.144. The number of methoxy groups -OCH3 is 1. The van der Waals surface area contributed by atoms with Crippen molar-refractivity contribution in [2.75, 3.05) is 33.3 Å². The van der Waals surface area contributed by atoms with E-state index >= 15 is 0 Å². The zero-order chi connectivity index (χ0) is 26.5. The average molecular weight is 503 g/mol. The van der Waals surface area contributed by atoms with Gasteiger partial charge >= 0.3 is 5.97 Å². The zero-order valence-electron chi connectivity index (χ0n) is 21.9. The third kappa shape index (κ3) is 6.23. The SMILES string of the molecule is CCC(NC(=O)c1ccc(C(=N)N2CCCC2)cc1F)C(C)(C)C(=O)N1CCC(CC(=O)OC)CC1. The Bertz CT molecular complexity index is 982. The highest BCUT2D eigenvalue weighted by Gasteiger charge is 2.41. The number of nitrogens with zero attached hydrogens (tertiary/aromatic N) is 2. The Morgan fingerprint density at radius 2 is 1.78 bits per heavy atom. The highest BCUT2D eigenvalue weighted by atomic mass is 19.1. The topological polar surface area (TPSA) is 103 Å². The Kier molecular flexibility index (Phi) is 9.08. The molecule has 36 heavy (non-hydrogen) atoms. The minimum atomic E-state index is -0.895. The number of halogens is 1. The average Bonchev–Trinajstić information content (AvgIpc) is 3.41. The first-order valence-electron chi connectivity index (χ1n) is 12.9. The van der Waals surface area contributed by atoms with E-state index in [1.54, 1.807) is 24.8 Å². The van der Waals surface area contributed by atoms with Crippen molar-refractivity contribution in [2.24, 2.45) is 11.3 Å². The molecule has 2 saturated heterocycles. The van der Waals surface area contributed by atoms with Gasteiger partial charge < -0.3 is 19.9 Å². The smallest absolute Gasteiger partial charge is 0.305 e. The molecule has 2 fully saturated rings. The highest BCUT2D eigenvalue weighted by molar-refractivity contribution is 5.99. The summed E-state index contributed by atoms with van der Waals surface area (Å²) in [5.41, 5.74) is -0.546. The van der Waals surface area contributed by atoms with Crippen LogP contribution < -0.4 is 5.32 Å². The molecule has 2 aliphatic rings. The lowest BCUT2D eigenvalue weighted by Crippen LogP contribution is -2.54. The number of carbonyl (C=O) groups excluding carboxylic acids is 3. The van der Waals surface area contributed by atoms with Gasteiger partial charge in [0.2, 0.25) is 5.91 Å². The molecular weight excluding hydrogens is 463 g/mol. The number of rotatable bonds is 8. The van der Waals surface area contributed by atoms with Gasteiger partial charge in [-0.1, -0.05) is 13.0 Å². The molecule has 0 saturated carbocycles. The molecule has 198 valence electrons. The summed E-state index contributed by atoms with van der Waals surface area (Å²) >= 11 is 0. The normalized spacial score (nSPS) is 17.6. The Labute approximate surface area is 213 Å². The van der Waals surface area contributed by atoms with Crippen LogP contribution in [0.4, 0.5) is 4.39 Å². The van der Waals surface area contributed by atoms with E-state index in [9.17, 15) is 18.8 Å². The van der Waals surface area contributed by atoms with Crippen LogP contribution in [0.25, 0.3) is 0 Å². The van der Waals surface area contributed by atoms with Gasteiger partial charge in [-0.25, -0.2) is 4.39 Å². The summed E-state index contributed by atoms with van der Waals surface area (Å²) < 4.78 is 19.7. The van der Waals surface area contributed by atoms with Crippen LogP contribution in [-0.2, 0) is 14.3 Å². The maximum absolute atomic E-state index is 14.9. The second-order valence-corrected chi connectivity index (χ2v) is 10.4. The van der Waals surface area contributed by atoms with E-state index in [-0.39, 0.29) is 29.2 Å². The number of likely N-dealkylation sites (tertiary alicyclic amines) is 2. The maximum Gasteiger partial charge on any atom is 0.305 e. The number of benzene rings is 1. The second-order valence-electron chi connectivity index (χ2n) is 10.4. The van der Waals surface area contributed by atoms with Crippen LogP contribution in [0, 0.1) is 22.6 Å². The summed E-state index contributed by atoms with van der Waals surface area (Å²) in [5, 5.41) is 11.2. The number of amidine groups is 1. The standard InChI is InChI=1S/C27H39FN4O4/c1-5-22(27(2,3)26(35)32-14-10-18(11-15-32)16-23(33)36-4)30-25(34)20-9-8-19(17-21(20)28)24(29)31-12-6-7-13-31/h8-9,17-18,22,29H,5-7,10-16H2,1-4H3,(H,30,34). The van der Waals surface area contributed by atoms with Crippen LogP contribution in [-0.4, -0.2) is 72.7 Å². The van der Waals surface area contributed by atoms with Crippen LogP contribution in [0.5, 0.6) is 0 Å². The van der Waals surface area contributed by atoms with Gasteiger partial charge in [-0.3, -0.25) is 19.8 Å². The number of hydrogen-bond donors (Lipinski definition) is 2. The predicted octanol–water partition coefficient (Wildman–Crippen LogP) is 3.58. The molecule has 2 aliphatic heterocycles. The van der Waals surface area contributed by atoms with E-state index in [1.165, 1.54) is 19.2 Å². The fraction of sp³-hybridized carbons (Fsp3) is 0.630. The van der Waals surface area contributed by atoms with E-state index in [4.69, 9.17) is 10.1 Å². The molecule has 0 aliphatic carbocycles. The molecule has 0 bridgehead atoms. The molecule has 0 radical (unpaired) electrons. The second kappa shape index (κ2) is 11.8. The monoisotopic (exact) mass is 502 g/mol. The maximum atomic E-state index is 14.9. The van der Waals surface area contributed by atoms with Crippen molar-refractivity contribution < 1.29 is 23.5 Å². The largest absolute Gasteiger partial charge is 0.469 e. The molecule has 1 atom stereocenters. The van der Waals surface area contributed by atoms with E-state index in [2.05, 4.69) is 5.32 Å². The summed E-state index contributed by atoms with van der Waals surface area (Å²) in [6.07, 6.45) is 4.35. The van der Waals surface area contributed by atoms with Gasteiger partial charge in [-0.05, 0) is 64.0 Å². The molecule has 2 amide bonds. The van der Waals surface area contributed by atoms with Gasteiger partial charge in [0.1, 0.15) is 11.7 Å². The summed E-state index contributed by atoms with van der Waals surface area (Å²) in [6.45, 7) is 8.17. The van der Waals surface area contributed by atoms with Gasteiger partial charge in [-0.15, -0.1) is 0 Å². The number of piperidine rings is 1. The Hall–Kier alpha value is -2.97. The predicted molar refractivity (Wildman–Crippen MR) is 135 cm³/mol. The van der Waals surface area contributed by atoms with Crippen LogP contribution >= 0.6 is 0 Å². The number of hydrogen-bond acceptors (Lipinski definition) is 5. The quantitative estimate of drug-likeness (QED) is 0.321. The fourth-order valence-electron chi connectivity index (χ4n) is 5.21. The van der Waals surface area contributed by atoms with E-state index in [0.717, 1.165) is 38.8 Å². The van der Waals surface area contributed by atoms with Crippen molar-refractivity contribution >= 4 is 23.6 Å². The molecule has 3 rings (SSSR count). The first-order chi connectivity index (χ1) is 17.1. The minimum Gasteiger partial charge on any atom is -0.469 e. The first kappa shape index (κ1) is 27.6. The van der Waals surface area contributed by atoms with Gasteiger partial charge in [0.05, 0.1) is 18.1 Å². The molecule has 1 unspecified atom stereocenters. The number of esters is 1. The van der Waals surface area contributed by atoms with Crippen molar-refractivity contribution in [1.82, 2.24) is 15.1 Å². The minimum absolute atomic E-state index is 0.0685. The Morgan fingerprint density at radius 3 is 2.33 bits per heavy atom. The number of amides is 2. The third-order valence-electron chi connectivity index (χ3n) is 7.63. The van der Waals surface area contributed by atoms with Crippen molar-refractivity contribution in [2.45, 2.75) is 65.3 Å². The Morgan fingerprint density at radius 1 is 1.14 bits per heavy atom. The molecule has 0 spiro atoms. The molecule has 0 aromatic heterocycles. The Balaban J connectivity index is 1.63. The lowest BCUT2D eigenvalue weighted by Gasteiger charge is -2.40. The number of carbonyl (C=O) groups is 3. The molecule has 2 heterocycles. The van der Waals surface area contributed by atoms with Crippen molar-refractivity contribution in [3.8, 4) is 0 Å². The highest BCUT2D eigenvalue weighted by Crippen LogP contribution is 2.30.